The highest BCUT2D eigenvalue weighted by Gasteiger charge is 2.42. The van der Waals surface area contributed by atoms with Crippen molar-refractivity contribution >= 4 is 221 Å². The van der Waals surface area contributed by atoms with Gasteiger partial charge in [-0.2, -0.15) is 5.26 Å². The van der Waals surface area contributed by atoms with E-state index in [2.05, 4.69) is 431 Å². The van der Waals surface area contributed by atoms with E-state index < -0.39 is 16.1 Å². The summed E-state index contributed by atoms with van der Waals surface area (Å²) in [6, 6.07) is 121. The number of aromatic nitrogens is 3. The van der Waals surface area contributed by atoms with E-state index in [0.29, 0.717) is 41.1 Å². The van der Waals surface area contributed by atoms with Gasteiger partial charge in [-0.05, 0) is 239 Å². The van der Waals surface area contributed by atoms with Crippen LogP contribution in [-0.2, 0) is 0 Å². The van der Waals surface area contributed by atoms with Crippen LogP contribution >= 0.6 is 0 Å². The van der Waals surface area contributed by atoms with Gasteiger partial charge >= 0.3 is 0 Å². The molecule has 0 aliphatic heterocycles. The van der Waals surface area contributed by atoms with Gasteiger partial charge in [-0.3, -0.25) is 0 Å². The summed E-state index contributed by atoms with van der Waals surface area (Å²) >= 11 is 0. The molecule has 6 aromatic heterocycles. The second-order valence-corrected chi connectivity index (χ2v) is 47.6. The average Bonchev–Trinajstić information content (AvgIpc) is 1.52. The SMILES string of the molecule is CC(C)c1ccc2cc3c(cc2c1)c1cc(C#N)cc2c4cc5cc(C(C)C)ccc5cc4n3c12.CC(C)c1ccc2cc3c(cc2c1)c1cc([Si](C)(C)C)cc2c4cc5cc(C(C)C)ccc5cc4n3c12.CC(C)c1ccc2cc3c(cc2c1)c1cc([Si](c2ccccc2)(c2ccccc2)c2ccccc2)cc2c4cc5cc(C(C)C)ccc5cc4n3c12. The van der Waals surface area contributed by atoms with Crippen molar-refractivity contribution in [3.05, 3.63) is 348 Å². The molecule has 0 unspecified atom stereocenters. The number of hydrogen-bond acceptors (Lipinski definition) is 1. The predicted molar refractivity (Wildman–Crippen MR) is 544 cm³/mol. The molecule has 0 fully saturated rings. The zero-order chi connectivity index (χ0) is 84.9. The maximum absolute atomic E-state index is 9.87. The number of nitrogens with zero attached hydrogens (tertiary/aromatic N) is 4. The van der Waals surface area contributed by atoms with Gasteiger partial charge in [-0.15, -0.1) is 0 Å². The third kappa shape index (κ3) is 12.0. The molecular weight excluding hydrogens is 1530 g/mol. The van der Waals surface area contributed by atoms with Crippen molar-refractivity contribution < 1.29 is 0 Å². The van der Waals surface area contributed by atoms with Gasteiger partial charge in [0.1, 0.15) is 0 Å². The minimum Gasteiger partial charge on any atom is -0.308 e. The summed E-state index contributed by atoms with van der Waals surface area (Å²) in [6.45, 7) is 34.6. The van der Waals surface area contributed by atoms with Crippen LogP contribution in [-0.4, -0.2) is 29.3 Å². The number of benzene rings is 18. The summed E-state index contributed by atoms with van der Waals surface area (Å²) in [5, 5.41) is 48.2. The lowest BCUT2D eigenvalue weighted by Gasteiger charge is -2.34. The average molecular weight is 1630 g/mol. The Morgan fingerprint density at radius 1 is 0.210 bits per heavy atom. The first-order chi connectivity index (χ1) is 59.9. The molecule has 4 nitrogen and oxygen atoms in total. The first kappa shape index (κ1) is 76.9. The zero-order valence-corrected chi connectivity index (χ0v) is 75.7. The van der Waals surface area contributed by atoms with Gasteiger partial charge in [-0.25, -0.2) is 0 Å². The molecule has 0 aliphatic carbocycles. The van der Waals surface area contributed by atoms with Crippen LogP contribution in [0.2, 0.25) is 19.6 Å². The highest BCUT2D eigenvalue weighted by atomic mass is 28.3. The zero-order valence-electron chi connectivity index (χ0n) is 73.7. The molecule has 0 radical (unpaired) electrons. The first-order valence-corrected chi connectivity index (χ1v) is 50.4. The highest BCUT2D eigenvalue weighted by Crippen LogP contribution is 2.48. The molecule has 24 rings (SSSR count). The molecule has 0 bridgehead atoms. The number of nitriles is 1. The van der Waals surface area contributed by atoms with Crippen molar-refractivity contribution in [1.82, 2.24) is 13.2 Å². The molecule has 0 spiro atoms. The van der Waals surface area contributed by atoms with Crippen LogP contribution in [0.15, 0.2) is 309 Å². The maximum Gasteiger partial charge on any atom is 0.179 e. The van der Waals surface area contributed by atoms with Crippen LogP contribution < -0.4 is 25.9 Å². The summed E-state index contributed by atoms with van der Waals surface area (Å²) in [4.78, 5) is 0. The molecule has 602 valence electrons. The Labute approximate surface area is 726 Å². The summed E-state index contributed by atoms with van der Waals surface area (Å²) in [5.74, 6) is 2.99. The molecule has 0 atom stereocenters. The smallest absolute Gasteiger partial charge is 0.179 e. The fraction of sp³-hybridized carbons (Fsp3) is 0.178. The topological polar surface area (TPSA) is 37.0 Å². The number of hydrogen-bond donors (Lipinski definition) is 0. The molecule has 0 saturated heterocycles. The van der Waals surface area contributed by atoms with Gasteiger partial charge in [0.15, 0.2) is 8.07 Å². The lowest BCUT2D eigenvalue weighted by molar-refractivity contribution is 0.869. The molecule has 0 saturated carbocycles. The lowest BCUT2D eigenvalue weighted by Crippen LogP contribution is -2.74. The van der Waals surface area contributed by atoms with Crippen LogP contribution in [0.5, 0.6) is 0 Å². The summed E-state index contributed by atoms with van der Waals surface area (Å²) in [6.07, 6.45) is 0. The molecule has 6 heterocycles. The summed E-state index contributed by atoms with van der Waals surface area (Å²) in [5.41, 5.74) is 20.5. The Morgan fingerprint density at radius 3 is 0.621 bits per heavy atom. The Kier molecular flexibility index (Phi) is 17.8. The summed E-state index contributed by atoms with van der Waals surface area (Å²) in [7, 11) is -4.31. The van der Waals surface area contributed by atoms with Gasteiger partial charge in [-0.1, -0.05) is 332 Å². The van der Waals surface area contributed by atoms with Crippen molar-refractivity contribution in [2.45, 2.75) is 138 Å². The van der Waals surface area contributed by atoms with E-state index in [9.17, 15) is 5.26 Å². The third-order valence-electron chi connectivity index (χ3n) is 28.1. The van der Waals surface area contributed by atoms with Crippen LogP contribution in [0.4, 0.5) is 0 Å². The van der Waals surface area contributed by atoms with E-state index >= 15 is 0 Å². The van der Waals surface area contributed by atoms with Crippen LogP contribution in [0.3, 0.4) is 0 Å². The second-order valence-electron chi connectivity index (χ2n) is 38.8. The Balaban J connectivity index is 0.000000114. The van der Waals surface area contributed by atoms with E-state index in [1.807, 2.05) is 0 Å². The minimum atomic E-state index is -2.79. The van der Waals surface area contributed by atoms with Gasteiger partial charge in [0.2, 0.25) is 0 Å². The molecule has 0 N–H and O–H groups in total. The molecular formula is C118H102N4Si2. The quantitative estimate of drug-likeness (QED) is 0.0939. The van der Waals surface area contributed by atoms with Crippen molar-refractivity contribution in [2.75, 3.05) is 0 Å². The van der Waals surface area contributed by atoms with Gasteiger partial charge < -0.3 is 13.2 Å². The van der Waals surface area contributed by atoms with E-state index in [4.69, 9.17) is 0 Å². The van der Waals surface area contributed by atoms with Gasteiger partial charge in [0.25, 0.3) is 0 Å². The van der Waals surface area contributed by atoms with Gasteiger partial charge in [0, 0.05) is 64.6 Å². The normalized spacial score (nSPS) is 12.7. The van der Waals surface area contributed by atoms with Gasteiger partial charge in [0.05, 0.1) is 69.4 Å². The van der Waals surface area contributed by atoms with Crippen LogP contribution in [0.25, 0.3) is 179 Å². The van der Waals surface area contributed by atoms with E-state index in [0.717, 1.165) is 10.8 Å². The van der Waals surface area contributed by atoms with Crippen molar-refractivity contribution in [1.29, 1.82) is 5.26 Å². The Morgan fingerprint density at radius 2 is 0.419 bits per heavy atom. The fourth-order valence-corrected chi connectivity index (χ4v) is 27.1. The molecule has 0 amide bonds. The molecule has 24 aromatic rings. The predicted octanol–water partition coefficient (Wildman–Crippen LogP) is 30.0. The molecule has 0 aliphatic rings. The van der Waals surface area contributed by atoms with Crippen LogP contribution in [0, 0.1) is 11.3 Å². The minimum absolute atomic E-state index is 0.476. The molecule has 18 aromatic carbocycles. The Bertz CT molecular complexity index is 8030. The molecule has 6 heteroatoms. The summed E-state index contributed by atoms with van der Waals surface area (Å²) < 4.78 is 7.54. The maximum atomic E-state index is 9.87. The highest BCUT2D eigenvalue weighted by molar-refractivity contribution is 7.20. The Hall–Kier alpha value is -13.2. The van der Waals surface area contributed by atoms with E-state index in [-0.39, 0.29) is 0 Å². The van der Waals surface area contributed by atoms with Crippen LogP contribution in [0.1, 0.15) is 158 Å². The molecule has 124 heavy (non-hydrogen) atoms. The fourth-order valence-electron chi connectivity index (χ4n) is 21.1. The standard InChI is InChI=1S/C50H41NSi.C35H35NSi.C33H26N2/c1-32(2)34-20-22-36-28-48-44(26-38(36)24-34)46-30-43(31-47-45-27-39-25-35(33(3)4)21-23-37(39)29-49(45)51(48)50(46)47)52(40-14-8-5-9-15-40,41-16-10-6-11-17-41)42-18-12-7-13-19-42;1-20(2)22-8-10-24-16-33-29(14-26(24)12-22)31-18-28(37(5,6)7)19-32-30-15-27-13-23(21(3)4)9-11-25(27)17-34(30)36(33)35(31)32;1-18(2)21-5-7-23-15-31-27(13-25(23)11-21)29-9-20(17-34)10-30-28-14-26-12-22(19(3)4)6-8-24(26)16-32(28)35(31)33(29)30/h5-33H,1-4H3;8-21H,1-7H3;5-16,18-19H,1-4H3. The number of rotatable bonds is 11. The second kappa shape index (κ2) is 28.7. The monoisotopic (exact) mass is 1630 g/mol. The third-order valence-corrected chi connectivity index (χ3v) is 34.9. The number of fused-ring (bicyclic) bond motifs is 24. The largest absolute Gasteiger partial charge is 0.308 e. The van der Waals surface area contributed by atoms with E-state index in [1.54, 1.807) is 0 Å². The van der Waals surface area contributed by atoms with Crippen molar-refractivity contribution in [3.8, 4) is 6.07 Å². The van der Waals surface area contributed by atoms with E-state index in [1.165, 1.54) is 227 Å². The van der Waals surface area contributed by atoms with Crippen molar-refractivity contribution in [3.63, 3.8) is 0 Å². The first-order valence-electron chi connectivity index (χ1n) is 44.9. The van der Waals surface area contributed by atoms with Crippen molar-refractivity contribution in [2.24, 2.45) is 0 Å². The lowest BCUT2D eigenvalue weighted by atomic mass is 9.96.